The Bertz CT molecular complexity index is 642. The molecule has 1 aliphatic rings. The SMILES string of the molecule is Fc1c(Br)cccc1C(Br)c1ccc2c(c1)CCCO2. The van der Waals surface area contributed by atoms with Gasteiger partial charge in [0.25, 0.3) is 0 Å². The number of benzene rings is 2. The Morgan fingerprint density at radius 1 is 1.20 bits per heavy atom. The van der Waals surface area contributed by atoms with Gasteiger partial charge in [-0.05, 0) is 52.0 Å². The lowest BCUT2D eigenvalue weighted by molar-refractivity contribution is 0.288. The zero-order valence-corrected chi connectivity index (χ0v) is 13.9. The molecule has 0 saturated carbocycles. The average molecular weight is 400 g/mol. The van der Waals surface area contributed by atoms with Crippen molar-refractivity contribution in [3.05, 3.63) is 63.4 Å². The molecule has 1 unspecified atom stereocenters. The third-order valence-electron chi connectivity index (χ3n) is 3.48. The van der Waals surface area contributed by atoms with Gasteiger partial charge in [-0.2, -0.15) is 0 Å². The van der Waals surface area contributed by atoms with Crippen molar-refractivity contribution in [2.45, 2.75) is 17.7 Å². The predicted molar refractivity (Wildman–Crippen MR) is 85.1 cm³/mol. The van der Waals surface area contributed by atoms with Crippen molar-refractivity contribution in [1.29, 1.82) is 0 Å². The van der Waals surface area contributed by atoms with Crippen LogP contribution in [0.15, 0.2) is 40.9 Å². The van der Waals surface area contributed by atoms with Crippen LogP contribution in [0.3, 0.4) is 0 Å². The van der Waals surface area contributed by atoms with E-state index in [1.807, 2.05) is 18.2 Å². The number of ether oxygens (including phenoxy) is 1. The lowest BCUT2D eigenvalue weighted by atomic mass is 9.99. The molecule has 1 aliphatic heterocycles. The highest BCUT2D eigenvalue weighted by Crippen LogP contribution is 2.37. The van der Waals surface area contributed by atoms with Crippen LogP contribution in [-0.2, 0) is 6.42 Å². The van der Waals surface area contributed by atoms with Crippen molar-refractivity contribution < 1.29 is 9.13 Å². The molecule has 0 aromatic heterocycles. The molecule has 4 heteroatoms. The highest BCUT2D eigenvalue weighted by Gasteiger charge is 2.19. The number of hydrogen-bond donors (Lipinski definition) is 0. The molecule has 2 aromatic rings. The van der Waals surface area contributed by atoms with Gasteiger partial charge in [0.2, 0.25) is 0 Å². The summed E-state index contributed by atoms with van der Waals surface area (Å²) < 4.78 is 20.3. The van der Waals surface area contributed by atoms with Gasteiger partial charge in [-0.15, -0.1) is 0 Å². The molecule has 20 heavy (non-hydrogen) atoms. The summed E-state index contributed by atoms with van der Waals surface area (Å²) in [6.07, 6.45) is 2.05. The van der Waals surface area contributed by atoms with E-state index in [1.54, 1.807) is 12.1 Å². The zero-order valence-electron chi connectivity index (χ0n) is 10.7. The molecule has 2 aromatic carbocycles. The molecular weight excluding hydrogens is 387 g/mol. The molecule has 1 heterocycles. The quantitative estimate of drug-likeness (QED) is 0.614. The molecule has 0 radical (unpaired) electrons. The number of halogens is 3. The van der Waals surface area contributed by atoms with Crippen LogP contribution in [0, 0.1) is 5.82 Å². The Kier molecular flexibility index (Phi) is 4.13. The summed E-state index contributed by atoms with van der Waals surface area (Å²) in [7, 11) is 0. The monoisotopic (exact) mass is 398 g/mol. The minimum Gasteiger partial charge on any atom is -0.493 e. The molecule has 0 saturated heterocycles. The summed E-state index contributed by atoms with van der Waals surface area (Å²) in [4.78, 5) is -0.160. The maximum Gasteiger partial charge on any atom is 0.142 e. The first kappa shape index (κ1) is 14.1. The van der Waals surface area contributed by atoms with Crippen molar-refractivity contribution in [3.8, 4) is 5.75 Å². The lowest BCUT2D eigenvalue weighted by Gasteiger charge is -2.20. The van der Waals surface area contributed by atoms with Crippen LogP contribution in [-0.4, -0.2) is 6.61 Å². The van der Waals surface area contributed by atoms with E-state index < -0.39 is 0 Å². The first-order valence-electron chi connectivity index (χ1n) is 6.50. The Balaban J connectivity index is 1.98. The Morgan fingerprint density at radius 2 is 2.05 bits per heavy atom. The van der Waals surface area contributed by atoms with Crippen LogP contribution >= 0.6 is 31.9 Å². The molecular formula is C16H13Br2FO. The van der Waals surface area contributed by atoms with E-state index in [4.69, 9.17) is 4.74 Å². The number of alkyl halides is 1. The number of rotatable bonds is 2. The first-order chi connectivity index (χ1) is 9.66. The average Bonchev–Trinajstić information content (AvgIpc) is 2.49. The summed E-state index contributed by atoms with van der Waals surface area (Å²) >= 11 is 6.84. The minimum atomic E-state index is -0.219. The maximum atomic E-state index is 14.2. The molecule has 0 N–H and O–H groups in total. The second kappa shape index (κ2) is 5.86. The van der Waals surface area contributed by atoms with Crippen LogP contribution < -0.4 is 4.74 Å². The fraction of sp³-hybridized carbons (Fsp3) is 0.250. The van der Waals surface area contributed by atoms with Gasteiger partial charge in [-0.25, -0.2) is 4.39 Å². The Labute approximate surface area is 134 Å². The molecule has 104 valence electrons. The van der Waals surface area contributed by atoms with Crippen molar-refractivity contribution >= 4 is 31.9 Å². The predicted octanol–water partition coefficient (Wildman–Crippen LogP) is 5.40. The van der Waals surface area contributed by atoms with Crippen molar-refractivity contribution in [1.82, 2.24) is 0 Å². The summed E-state index contributed by atoms with van der Waals surface area (Å²) in [6, 6.07) is 11.4. The molecule has 1 nitrogen and oxygen atoms in total. The van der Waals surface area contributed by atoms with Crippen molar-refractivity contribution in [2.24, 2.45) is 0 Å². The zero-order chi connectivity index (χ0) is 14.1. The number of fused-ring (bicyclic) bond motifs is 1. The van der Waals surface area contributed by atoms with Crippen LogP contribution in [0.1, 0.15) is 27.9 Å². The molecule has 0 spiro atoms. The van der Waals surface area contributed by atoms with E-state index in [0.717, 1.165) is 30.8 Å². The second-order valence-electron chi connectivity index (χ2n) is 4.82. The molecule has 0 fully saturated rings. The highest BCUT2D eigenvalue weighted by molar-refractivity contribution is 9.10. The van der Waals surface area contributed by atoms with E-state index in [0.29, 0.717) is 10.0 Å². The molecule has 3 rings (SSSR count). The smallest absolute Gasteiger partial charge is 0.142 e. The van der Waals surface area contributed by atoms with Crippen LogP contribution in [0.25, 0.3) is 0 Å². The molecule has 0 amide bonds. The summed E-state index contributed by atoms with van der Waals surface area (Å²) in [6.45, 7) is 0.782. The van der Waals surface area contributed by atoms with E-state index in [9.17, 15) is 4.39 Å². The minimum absolute atomic E-state index is 0.160. The Morgan fingerprint density at radius 3 is 2.90 bits per heavy atom. The lowest BCUT2D eigenvalue weighted by Crippen LogP contribution is -2.09. The van der Waals surface area contributed by atoms with E-state index in [2.05, 4.69) is 37.9 Å². The van der Waals surface area contributed by atoms with E-state index in [1.165, 1.54) is 5.56 Å². The van der Waals surface area contributed by atoms with Gasteiger partial charge in [0.05, 0.1) is 15.9 Å². The fourth-order valence-electron chi connectivity index (χ4n) is 2.43. The molecule has 0 aliphatic carbocycles. The van der Waals surface area contributed by atoms with Gasteiger partial charge in [0.15, 0.2) is 0 Å². The summed E-state index contributed by atoms with van der Waals surface area (Å²) in [5, 5.41) is 0. The maximum absolute atomic E-state index is 14.2. The first-order valence-corrected chi connectivity index (χ1v) is 8.21. The van der Waals surface area contributed by atoms with Crippen LogP contribution in [0.5, 0.6) is 5.75 Å². The van der Waals surface area contributed by atoms with Gasteiger partial charge in [0.1, 0.15) is 11.6 Å². The third kappa shape index (κ3) is 2.63. The largest absolute Gasteiger partial charge is 0.493 e. The molecule has 1 atom stereocenters. The number of aryl methyl sites for hydroxylation is 1. The third-order valence-corrected chi connectivity index (χ3v) is 5.11. The van der Waals surface area contributed by atoms with Crippen LogP contribution in [0.2, 0.25) is 0 Å². The standard InChI is InChI=1S/C16H13Br2FO/c17-13-5-1-4-12(16(13)19)15(18)11-6-7-14-10(9-11)3-2-8-20-14/h1,4-7,9,15H,2-3,8H2. The summed E-state index contributed by atoms with van der Waals surface area (Å²) in [5.74, 6) is 0.734. The highest BCUT2D eigenvalue weighted by atomic mass is 79.9. The number of hydrogen-bond acceptors (Lipinski definition) is 1. The topological polar surface area (TPSA) is 9.23 Å². The van der Waals surface area contributed by atoms with Crippen molar-refractivity contribution in [3.63, 3.8) is 0 Å². The Hall–Kier alpha value is -0.870. The van der Waals surface area contributed by atoms with Gasteiger partial charge in [-0.3, -0.25) is 0 Å². The van der Waals surface area contributed by atoms with Gasteiger partial charge >= 0.3 is 0 Å². The van der Waals surface area contributed by atoms with Crippen LogP contribution in [0.4, 0.5) is 4.39 Å². The van der Waals surface area contributed by atoms with E-state index >= 15 is 0 Å². The van der Waals surface area contributed by atoms with Gasteiger partial charge in [-0.1, -0.05) is 40.2 Å². The van der Waals surface area contributed by atoms with Crippen molar-refractivity contribution in [2.75, 3.05) is 6.61 Å². The second-order valence-corrected chi connectivity index (χ2v) is 6.59. The fourth-order valence-corrected chi connectivity index (χ4v) is 3.45. The molecule has 0 bridgehead atoms. The normalized spacial score (nSPS) is 15.3. The van der Waals surface area contributed by atoms with Gasteiger partial charge in [0, 0.05) is 5.56 Å². The van der Waals surface area contributed by atoms with Gasteiger partial charge < -0.3 is 4.74 Å². The van der Waals surface area contributed by atoms with E-state index in [-0.39, 0.29) is 10.6 Å². The summed E-state index contributed by atoms with van der Waals surface area (Å²) in [5.41, 5.74) is 2.89.